The average Bonchev–Trinajstić information content (AvgIpc) is 2.51. The minimum Gasteiger partial charge on any atom is -0.496 e. The van der Waals surface area contributed by atoms with Crippen LogP contribution in [0.3, 0.4) is 0 Å². The van der Waals surface area contributed by atoms with Crippen molar-refractivity contribution >= 4 is 12.0 Å². The van der Waals surface area contributed by atoms with Crippen molar-refractivity contribution in [3.63, 3.8) is 0 Å². The lowest BCUT2D eigenvalue weighted by Crippen LogP contribution is -2.42. The number of ether oxygens (including phenoxy) is 3. The highest BCUT2D eigenvalue weighted by atomic mass is 16.6. The van der Waals surface area contributed by atoms with Crippen molar-refractivity contribution < 1.29 is 23.8 Å². The second-order valence-electron chi connectivity index (χ2n) is 7.03. The summed E-state index contributed by atoms with van der Waals surface area (Å²) in [5.74, 6) is 0.395. The van der Waals surface area contributed by atoms with Gasteiger partial charge in [0.2, 0.25) is 0 Å². The Balaban J connectivity index is 3.03. The van der Waals surface area contributed by atoms with Gasteiger partial charge >= 0.3 is 6.09 Å². The molecule has 8 heteroatoms. The van der Waals surface area contributed by atoms with Crippen LogP contribution in [-0.2, 0) is 0 Å². The van der Waals surface area contributed by atoms with Crippen molar-refractivity contribution in [3.8, 4) is 17.2 Å². The maximum atomic E-state index is 12.5. The molecule has 0 aliphatic rings. The maximum absolute atomic E-state index is 12.5. The van der Waals surface area contributed by atoms with E-state index in [9.17, 15) is 9.59 Å². The fourth-order valence-corrected chi connectivity index (χ4v) is 2.09. The Kier molecular flexibility index (Phi) is 7.70. The van der Waals surface area contributed by atoms with Crippen molar-refractivity contribution in [2.24, 2.45) is 0 Å². The fourth-order valence-electron chi connectivity index (χ4n) is 2.09. The molecule has 26 heavy (non-hydrogen) atoms. The normalized spacial score (nSPS) is 11.1. The first kappa shape index (κ1) is 21.6. The van der Waals surface area contributed by atoms with Gasteiger partial charge in [-0.1, -0.05) is 0 Å². The van der Waals surface area contributed by atoms with Crippen LogP contribution >= 0.6 is 0 Å². The van der Waals surface area contributed by atoms with E-state index >= 15 is 0 Å². The molecular formula is C18H29N3O5. The SMILES string of the molecule is COc1cc(OC(=O)NC(C)(C)C)cc(OC)c1C(=O)NCCN(C)C. The molecule has 0 atom stereocenters. The lowest BCUT2D eigenvalue weighted by molar-refractivity contribution is 0.0944. The minimum atomic E-state index is -0.607. The highest BCUT2D eigenvalue weighted by molar-refractivity contribution is 6.00. The molecule has 0 radical (unpaired) electrons. The van der Waals surface area contributed by atoms with Crippen LogP contribution in [0.4, 0.5) is 4.79 Å². The van der Waals surface area contributed by atoms with Crippen LogP contribution in [0.15, 0.2) is 12.1 Å². The first-order chi connectivity index (χ1) is 12.1. The van der Waals surface area contributed by atoms with Crippen LogP contribution < -0.4 is 24.8 Å². The number of benzene rings is 1. The molecule has 0 aliphatic heterocycles. The number of amides is 2. The van der Waals surface area contributed by atoms with Gasteiger partial charge in [0.05, 0.1) is 14.2 Å². The standard InChI is InChI=1S/C18H29N3O5/c1-18(2,3)20-17(23)26-12-10-13(24-6)15(14(11-12)25-7)16(22)19-8-9-21(4)5/h10-11H,8-9H2,1-7H3,(H,19,22)(H,20,23). The maximum Gasteiger partial charge on any atom is 0.413 e. The number of hydrogen-bond donors (Lipinski definition) is 2. The summed E-state index contributed by atoms with van der Waals surface area (Å²) in [5.41, 5.74) is -0.185. The Labute approximate surface area is 154 Å². The third kappa shape index (κ3) is 6.79. The van der Waals surface area contributed by atoms with E-state index in [0.717, 1.165) is 0 Å². The molecule has 2 amide bonds. The van der Waals surface area contributed by atoms with Gasteiger partial charge < -0.3 is 29.7 Å². The van der Waals surface area contributed by atoms with Crippen LogP contribution in [0.25, 0.3) is 0 Å². The summed E-state index contributed by atoms with van der Waals surface area (Å²) < 4.78 is 15.9. The Hall–Kier alpha value is -2.48. The molecule has 1 aromatic carbocycles. The van der Waals surface area contributed by atoms with E-state index < -0.39 is 11.6 Å². The van der Waals surface area contributed by atoms with Gasteiger partial charge in [-0.25, -0.2) is 4.79 Å². The van der Waals surface area contributed by atoms with Gasteiger partial charge in [0, 0.05) is 30.8 Å². The molecule has 0 spiro atoms. The molecule has 0 fully saturated rings. The number of methoxy groups -OCH3 is 2. The first-order valence-electron chi connectivity index (χ1n) is 8.26. The number of carbonyl (C=O) groups is 2. The molecule has 0 heterocycles. The van der Waals surface area contributed by atoms with Crippen molar-refractivity contribution in [1.29, 1.82) is 0 Å². The molecule has 0 saturated heterocycles. The molecule has 0 unspecified atom stereocenters. The molecule has 0 saturated carbocycles. The highest BCUT2D eigenvalue weighted by Crippen LogP contribution is 2.34. The van der Waals surface area contributed by atoms with E-state index in [2.05, 4.69) is 10.6 Å². The molecule has 0 bridgehead atoms. The van der Waals surface area contributed by atoms with Crippen molar-refractivity contribution in [2.45, 2.75) is 26.3 Å². The van der Waals surface area contributed by atoms with E-state index in [0.29, 0.717) is 13.1 Å². The van der Waals surface area contributed by atoms with E-state index in [1.54, 1.807) is 0 Å². The topological polar surface area (TPSA) is 89.1 Å². The van der Waals surface area contributed by atoms with Crippen molar-refractivity contribution in [2.75, 3.05) is 41.4 Å². The number of nitrogens with one attached hydrogen (secondary N) is 2. The third-order valence-electron chi connectivity index (χ3n) is 3.24. The van der Waals surface area contributed by atoms with Crippen molar-refractivity contribution in [3.05, 3.63) is 17.7 Å². The molecule has 1 rings (SSSR count). The van der Waals surface area contributed by atoms with Crippen LogP contribution in [0, 0.1) is 0 Å². The number of nitrogens with zero attached hydrogens (tertiary/aromatic N) is 1. The summed E-state index contributed by atoms with van der Waals surface area (Å²) in [5, 5.41) is 5.50. The second kappa shape index (κ2) is 9.28. The molecule has 2 N–H and O–H groups in total. The molecule has 0 aliphatic carbocycles. The third-order valence-corrected chi connectivity index (χ3v) is 3.24. The molecule has 146 valence electrons. The highest BCUT2D eigenvalue weighted by Gasteiger charge is 2.22. The zero-order valence-electron chi connectivity index (χ0n) is 16.6. The van der Waals surface area contributed by atoms with E-state index in [1.165, 1.54) is 26.4 Å². The lowest BCUT2D eigenvalue weighted by atomic mass is 10.1. The van der Waals surface area contributed by atoms with Gasteiger partial charge in [-0.05, 0) is 34.9 Å². The Morgan fingerprint density at radius 3 is 2.04 bits per heavy atom. The van der Waals surface area contributed by atoms with Crippen LogP contribution in [-0.4, -0.2) is 63.8 Å². The Morgan fingerprint density at radius 1 is 1.08 bits per heavy atom. The zero-order chi connectivity index (χ0) is 19.9. The van der Waals surface area contributed by atoms with Crippen molar-refractivity contribution in [1.82, 2.24) is 15.5 Å². The summed E-state index contributed by atoms with van der Waals surface area (Å²) in [6.45, 7) is 6.71. The number of hydrogen-bond acceptors (Lipinski definition) is 6. The first-order valence-corrected chi connectivity index (χ1v) is 8.26. The van der Waals surface area contributed by atoms with Crippen LogP contribution in [0.5, 0.6) is 17.2 Å². The molecular weight excluding hydrogens is 338 g/mol. The predicted octanol–water partition coefficient (Wildman–Crippen LogP) is 1.88. The number of carbonyl (C=O) groups excluding carboxylic acids is 2. The van der Waals surface area contributed by atoms with Crippen LogP contribution in [0.2, 0.25) is 0 Å². The summed E-state index contributed by atoms with van der Waals surface area (Å²) in [4.78, 5) is 26.4. The summed E-state index contributed by atoms with van der Waals surface area (Å²) >= 11 is 0. The van der Waals surface area contributed by atoms with E-state index in [4.69, 9.17) is 14.2 Å². The minimum absolute atomic E-state index is 0.213. The summed E-state index contributed by atoms with van der Waals surface area (Å²) in [7, 11) is 6.71. The van der Waals surface area contributed by atoms with E-state index in [-0.39, 0.29) is 28.7 Å². The Bertz CT molecular complexity index is 613. The molecule has 8 nitrogen and oxygen atoms in total. The lowest BCUT2D eigenvalue weighted by Gasteiger charge is -2.20. The van der Waals surface area contributed by atoms with Gasteiger partial charge in [-0.15, -0.1) is 0 Å². The number of rotatable bonds is 7. The quantitative estimate of drug-likeness (QED) is 0.765. The summed E-state index contributed by atoms with van der Waals surface area (Å²) in [6, 6.07) is 2.96. The smallest absolute Gasteiger partial charge is 0.413 e. The fraction of sp³-hybridized carbons (Fsp3) is 0.556. The van der Waals surface area contributed by atoms with Crippen LogP contribution in [0.1, 0.15) is 31.1 Å². The molecule has 1 aromatic rings. The summed E-state index contributed by atoms with van der Waals surface area (Å²) in [6.07, 6.45) is -0.607. The zero-order valence-corrected chi connectivity index (χ0v) is 16.6. The van der Waals surface area contributed by atoms with E-state index in [1.807, 2.05) is 39.8 Å². The largest absolute Gasteiger partial charge is 0.496 e. The van der Waals surface area contributed by atoms with Gasteiger partial charge in [-0.3, -0.25) is 4.79 Å². The molecule has 0 aromatic heterocycles. The monoisotopic (exact) mass is 367 g/mol. The van der Waals surface area contributed by atoms with Gasteiger partial charge in [0.25, 0.3) is 5.91 Å². The predicted molar refractivity (Wildman–Crippen MR) is 99.3 cm³/mol. The second-order valence-corrected chi connectivity index (χ2v) is 7.03. The van der Waals surface area contributed by atoms with Gasteiger partial charge in [0.1, 0.15) is 22.8 Å². The van der Waals surface area contributed by atoms with Gasteiger partial charge in [0.15, 0.2) is 0 Å². The Morgan fingerprint density at radius 2 is 1.62 bits per heavy atom. The average molecular weight is 367 g/mol. The van der Waals surface area contributed by atoms with Gasteiger partial charge in [-0.2, -0.15) is 0 Å². The number of likely N-dealkylation sites (N-methyl/N-ethyl adjacent to an activating group) is 1.